The Morgan fingerprint density at radius 1 is 1.15 bits per heavy atom. The minimum atomic E-state index is 0.144. The average molecular weight is 387 g/mol. The molecule has 0 saturated carbocycles. The molecule has 0 aliphatic carbocycles. The number of nitrogens with one attached hydrogen (secondary N) is 1. The second kappa shape index (κ2) is 9.22. The van der Waals surface area contributed by atoms with Crippen LogP contribution in [-0.4, -0.2) is 43.7 Å². The van der Waals surface area contributed by atoms with Crippen molar-refractivity contribution in [2.75, 3.05) is 38.2 Å². The maximum Gasteiger partial charge on any atom is 0.193 e. The number of aryl methyl sites for hydroxylation is 2. The molecule has 0 aromatic heterocycles. The number of rotatable bonds is 5. The summed E-state index contributed by atoms with van der Waals surface area (Å²) < 4.78 is 5.50. The molecule has 1 unspecified atom stereocenters. The number of anilines is 1. The van der Waals surface area contributed by atoms with Crippen LogP contribution in [0, 0.1) is 13.8 Å². The van der Waals surface area contributed by atoms with Gasteiger partial charge in [0.2, 0.25) is 0 Å². The van der Waals surface area contributed by atoms with Gasteiger partial charge in [-0.3, -0.25) is 9.89 Å². The number of halogens is 1. The Morgan fingerprint density at radius 2 is 1.78 bits per heavy atom. The Bertz CT molecular complexity index is 765. The summed E-state index contributed by atoms with van der Waals surface area (Å²) in [5.74, 6) is 0.423. The summed E-state index contributed by atoms with van der Waals surface area (Å²) in [6.45, 7) is 7.96. The fraction of sp³-hybridized carbons (Fsp3) is 0.381. The first-order valence-corrected chi connectivity index (χ1v) is 9.61. The van der Waals surface area contributed by atoms with E-state index in [1.807, 2.05) is 12.1 Å². The van der Waals surface area contributed by atoms with Crippen LogP contribution in [0.15, 0.2) is 47.5 Å². The molecule has 0 radical (unpaired) electrons. The van der Waals surface area contributed by atoms with E-state index in [2.05, 4.69) is 59.4 Å². The fourth-order valence-corrected chi connectivity index (χ4v) is 3.55. The zero-order valence-electron chi connectivity index (χ0n) is 15.9. The zero-order chi connectivity index (χ0) is 19.2. The standard InChI is InChI=1S/C21H27ClN4O/c1-15-11-16(2)13-19(12-15)25-21(23)24-14-20(26-7-9-27-10-8-26)17-3-5-18(22)6-4-17/h3-6,11-13,20H,7-10,14H2,1-2H3,(H3,23,24,25). The molecule has 1 heterocycles. The Kier molecular flexibility index (Phi) is 6.72. The lowest BCUT2D eigenvalue weighted by atomic mass is 10.0. The predicted molar refractivity (Wildman–Crippen MR) is 113 cm³/mol. The lowest BCUT2D eigenvalue weighted by Crippen LogP contribution is -2.40. The minimum absolute atomic E-state index is 0.144. The molecule has 27 heavy (non-hydrogen) atoms. The molecule has 0 spiro atoms. The van der Waals surface area contributed by atoms with Gasteiger partial charge in [-0.25, -0.2) is 0 Å². The van der Waals surface area contributed by atoms with Gasteiger partial charge in [-0.2, -0.15) is 0 Å². The number of nitrogens with zero attached hydrogens (tertiary/aromatic N) is 2. The summed E-state index contributed by atoms with van der Waals surface area (Å²) >= 11 is 6.05. The number of nitrogens with two attached hydrogens (primary N) is 1. The number of aliphatic imine (C=N–C) groups is 1. The summed E-state index contributed by atoms with van der Waals surface area (Å²) in [7, 11) is 0. The molecular weight excluding hydrogens is 360 g/mol. The van der Waals surface area contributed by atoms with Gasteiger partial charge in [0.15, 0.2) is 5.96 Å². The third-order valence-corrected chi connectivity index (χ3v) is 4.92. The van der Waals surface area contributed by atoms with Crippen molar-refractivity contribution in [3.05, 3.63) is 64.2 Å². The summed E-state index contributed by atoms with van der Waals surface area (Å²) in [5, 5.41) is 3.94. The number of benzene rings is 2. The molecule has 1 atom stereocenters. The molecule has 2 aromatic rings. The summed E-state index contributed by atoms with van der Waals surface area (Å²) in [4.78, 5) is 7.01. The van der Waals surface area contributed by atoms with Gasteiger partial charge < -0.3 is 15.8 Å². The van der Waals surface area contributed by atoms with Gasteiger partial charge >= 0.3 is 0 Å². The second-order valence-corrected chi connectivity index (χ2v) is 7.38. The molecule has 0 amide bonds. The van der Waals surface area contributed by atoms with Crippen molar-refractivity contribution in [3.63, 3.8) is 0 Å². The molecule has 1 saturated heterocycles. The highest BCUT2D eigenvalue weighted by molar-refractivity contribution is 6.30. The first kappa shape index (κ1) is 19.7. The van der Waals surface area contributed by atoms with Gasteiger partial charge in [0, 0.05) is 23.8 Å². The van der Waals surface area contributed by atoms with Gasteiger partial charge in [0.1, 0.15) is 0 Å². The molecular formula is C21H27ClN4O. The van der Waals surface area contributed by atoms with Crippen molar-refractivity contribution in [2.45, 2.75) is 19.9 Å². The molecule has 3 rings (SSSR count). The van der Waals surface area contributed by atoms with E-state index in [4.69, 9.17) is 22.1 Å². The van der Waals surface area contributed by atoms with Crippen molar-refractivity contribution in [2.24, 2.45) is 10.7 Å². The van der Waals surface area contributed by atoms with E-state index < -0.39 is 0 Å². The summed E-state index contributed by atoms with van der Waals surface area (Å²) in [6, 6.07) is 14.4. The lowest BCUT2D eigenvalue weighted by Gasteiger charge is -2.34. The van der Waals surface area contributed by atoms with Gasteiger partial charge in [0.05, 0.1) is 25.8 Å². The summed E-state index contributed by atoms with van der Waals surface area (Å²) in [6.07, 6.45) is 0. The Morgan fingerprint density at radius 3 is 2.41 bits per heavy atom. The second-order valence-electron chi connectivity index (χ2n) is 6.94. The average Bonchev–Trinajstić information content (AvgIpc) is 2.63. The van der Waals surface area contributed by atoms with Crippen LogP contribution in [0.3, 0.4) is 0 Å². The molecule has 3 N–H and O–H groups in total. The maximum absolute atomic E-state index is 6.16. The van der Waals surface area contributed by atoms with E-state index in [9.17, 15) is 0 Å². The lowest BCUT2D eigenvalue weighted by molar-refractivity contribution is 0.0180. The number of guanidine groups is 1. The van der Waals surface area contributed by atoms with Crippen molar-refractivity contribution in [3.8, 4) is 0 Å². The normalized spacial score (nSPS) is 16.9. The van der Waals surface area contributed by atoms with Crippen LogP contribution in [0.25, 0.3) is 0 Å². The zero-order valence-corrected chi connectivity index (χ0v) is 16.7. The summed E-state index contributed by atoms with van der Waals surface area (Å²) in [5.41, 5.74) is 10.7. The molecule has 1 aliphatic heterocycles. The molecule has 6 heteroatoms. The largest absolute Gasteiger partial charge is 0.379 e. The molecule has 2 aromatic carbocycles. The number of morpholine rings is 1. The number of hydrogen-bond acceptors (Lipinski definition) is 3. The monoisotopic (exact) mass is 386 g/mol. The van der Waals surface area contributed by atoms with Gasteiger partial charge in [0.25, 0.3) is 0 Å². The van der Waals surface area contributed by atoms with E-state index in [-0.39, 0.29) is 6.04 Å². The smallest absolute Gasteiger partial charge is 0.193 e. The van der Waals surface area contributed by atoms with E-state index in [1.165, 1.54) is 16.7 Å². The molecule has 1 fully saturated rings. The molecule has 144 valence electrons. The third kappa shape index (κ3) is 5.70. The van der Waals surface area contributed by atoms with Crippen LogP contribution in [0.2, 0.25) is 5.02 Å². The van der Waals surface area contributed by atoms with Crippen molar-refractivity contribution >= 4 is 23.2 Å². The Labute approximate surface area is 166 Å². The first-order chi connectivity index (χ1) is 13.0. The van der Waals surface area contributed by atoms with Crippen molar-refractivity contribution in [1.29, 1.82) is 0 Å². The Balaban J connectivity index is 1.74. The van der Waals surface area contributed by atoms with Crippen LogP contribution in [0.4, 0.5) is 5.69 Å². The number of ether oxygens (including phenoxy) is 1. The van der Waals surface area contributed by atoms with E-state index >= 15 is 0 Å². The highest BCUT2D eigenvalue weighted by Crippen LogP contribution is 2.24. The maximum atomic E-state index is 6.16. The molecule has 5 nitrogen and oxygen atoms in total. The highest BCUT2D eigenvalue weighted by atomic mass is 35.5. The van der Waals surface area contributed by atoms with E-state index in [0.29, 0.717) is 12.5 Å². The van der Waals surface area contributed by atoms with Crippen molar-refractivity contribution < 1.29 is 4.74 Å². The van der Waals surface area contributed by atoms with Crippen LogP contribution in [0.1, 0.15) is 22.7 Å². The number of hydrogen-bond donors (Lipinski definition) is 2. The topological polar surface area (TPSA) is 62.9 Å². The van der Waals surface area contributed by atoms with Gasteiger partial charge in [-0.05, 0) is 54.8 Å². The van der Waals surface area contributed by atoms with Crippen LogP contribution in [0.5, 0.6) is 0 Å². The van der Waals surface area contributed by atoms with Gasteiger partial charge in [-0.15, -0.1) is 0 Å². The quantitative estimate of drug-likeness (QED) is 0.606. The van der Waals surface area contributed by atoms with Crippen LogP contribution < -0.4 is 11.1 Å². The van der Waals surface area contributed by atoms with E-state index in [0.717, 1.165) is 37.0 Å². The van der Waals surface area contributed by atoms with Gasteiger partial charge in [-0.1, -0.05) is 29.8 Å². The fourth-order valence-electron chi connectivity index (χ4n) is 3.42. The first-order valence-electron chi connectivity index (χ1n) is 9.24. The van der Waals surface area contributed by atoms with Crippen LogP contribution >= 0.6 is 11.6 Å². The molecule has 1 aliphatic rings. The van der Waals surface area contributed by atoms with Crippen LogP contribution in [-0.2, 0) is 4.74 Å². The SMILES string of the molecule is Cc1cc(C)cc(NC(N)=NCC(c2ccc(Cl)cc2)N2CCOCC2)c1. The molecule has 0 bridgehead atoms. The highest BCUT2D eigenvalue weighted by Gasteiger charge is 2.22. The third-order valence-electron chi connectivity index (χ3n) is 4.67. The van der Waals surface area contributed by atoms with Crippen molar-refractivity contribution in [1.82, 2.24) is 4.90 Å². The predicted octanol–water partition coefficient (Wildman–Crippen LogP) is 3.76. The van der Waals surface area contributed by atoms with E-state index in [1.54, 1.807) is 0 Å². The Hall–Kier alpha value is -2.08. The minimum Gasteiger partial charge on any atom is -0.379 e.